The summed E-state index contributed by atoms with van der Waals surface area (Å²) in [4.78, 5) is 23.9. The lowest BCUT2D eigenvalue weighted by Crippen LogP contribution is -2.36. The Balaban J connectivity index is 0.000000891. The predicted molar refractivity (Wildman–Crippen MR) is 90.8 cm³/mol. The second kappa shape index (κ2) is 10.2. The highest BCUT2D eigenvalue weighted by Gasteiger charge is 2.25. The molecule has 1 amide bonds. The van der Waals surface area contributed by atoms with E-state index in [1.54, 1.807) is 0 Å². The number of Topliss-reactive ketones (excluding diaryl/α,β-unsaturated/α-hetero) is 1. The number of ketones is 1. The SMILES string of the molecule is CC1CCCC(C(=O)NCC(=O)c2ccc(F)c(F)c2)C1.CCC. The van der Waals surface area contributed by atoms with E-state index in [1.807, 2.05) is 0 Å². The molecule has 1 aromatic rings. The summed E-state index contributed by atoms with van der Waals surface area (Å²) in [5, 5.41) is 2.60. The maximum Gasteiger partial charge on any atom is 0.223 e. The molecule has 0 heterocycles. The fourth-order valence-corrected chi connectivity index (χ4v) is 2.76. The van der Waals surface area contributed by atoms with Crippen LogP contribution in [-0.2, 0) is 4.79 Å². The Bertz CT molecular complexity index is 560. The number of nitrogens with one attached hydrogen (secondary N) is 1. The number of hydrogen-bond acceptors (Lipinski definition) is 2. The van der Waals surface area contributed by atoms with Gasteiger partial charge in [-0.2, -0.15) is 0 Å². The molecule has 1 N–H and O–H groups in total. The summed E-state index contributed by atoms with van der Waals surface area (Å²) in [6, 6.07) is 2.98. The number of halogens is 2. The molecule has 0 spiro atoms. The highest BCUT2D eigenvalue weighted by atomic mass is 19.2. The third-order valence-electron chi connectivity index (χ3n) is 3.97. The van der Waals surface area contributed by atoms with Gasteiger partial charge in [0.25, 0.3) is 0 Å². The molecule has 0 aromatic heterocycles. The molecule has 1 fully saturated rings. The summed E-state index contributed by atoms with van der Waals surface area (Å²) < 4.78 is 25.9. The van der Waals surface area contributed by atoms with Gasteiger partial charge < -0.3 is 5.32 Å². The molecule has 2 atom stereocenters. The highest BCUT2D eigenvalue weighted by Crippen LogP contribution is 2.28. The van der Waals surface area contributed by atoms with Crippen LogP contribution >= 0.6 is 0 Å². The number of hydrogen-bond donors (Lipinski definition) is 1. The minimum absolute atomic E-state index is 0.0495. The van der Waals surface area contributed by atoms with E-state index >= 15 is 0 Å². The van der Waals surface area contributed by atoms with Gasteiger partial charge in [-0.15, -0.1) is 0 Å². The largest absolute Gasteiger partial charge is 0.348 e. The lowest BCUT2D eigenvalue weighted by Gasteiger charge is -2.25. The Morgan fingerprint density at radius 1 is 1.17 bits per heavy atom. The van der Waals surface area contributed by atoms with Crippen molar-refractivity contribution in [3.63, 3.8) is 0 Å². The molecule has 0 aliphatic heterocycles. The predicted octanol–water partition coefficient (Wildman–Crippen LogP) is 4.51. The molecule has 1 saturated carbocycles. The van der Waals surface area contributed by atoms with Crippen LogP contribution in [-0.4, -0.2) is 18.2 Å². The van der Waals surface area contributed by atoms with Gasteiger partial charge in [0, 0.05) is 11.5 Å². The van der Waals surface area contributed by atoms with E-state index in [-0.39, 0.29) is 23.9 Å². The van der Waals surface area contributed by atoms with Crippen molar-refractivity contribution >= 4 is 11.7 Å². The summed E-state index contributed by atoms with van der Waals surface area (Å²) in [5.41, 5.74) is 0.0613. The van der Waals surface area contributed by atoms with Crippen LogP contribution in [0.15, 0.2) is 18.2 Å². The number of benzene rings is 1. The number of carbonyl (C=O) groups is 2. The average Bonchev–Trinajstić information content (AvgIpc) is 2.55. The van der Waals surface area contributed by atoms with Gasteiger partial charge in [0.1, 0.15) is 0 Å². The molecule has 1 aliphatic rings. The van der Waals surface area contributed by atoms with Crippen LogP contribution in [0.5, 0.6) is 0 Å². The van der Waals surface area contributed by atoms with Gasteiger partial charge in [0.15, 0.2) is 17.4 Å². The van der Waals surface area contributed by atoms with Crippen LogP contribution in [0.25, 0.3) is 0 Å². The maximum atomic E-state index is 13.1. The number of amides is 1. The van der Waals surface area contributed by atoms with Crippen molar-refractivity contribution in [1.29, 1.82) is 0 Å². The van der Waals surface area contributed by atoms with Crippen molar-refractivity contribution in [3.05, 3.63) is 35.4 Å². The van der Waals surface area contributed by atoms with Crippen molar-refractivity contribution in [2.45, 2.75) is 52.9 Å². The summed E-state index contributed by atoms with van der Waals surface area (Å²) in [6.07, 6.45) is 5.09. The first kappa shape index (κ1) is 20.3. The first-order valence-corrected chi connectivity index (χ1v) is 8.64. The van der Waals surface area contributed by atoms with E-state index in [4.69, 9.17) is 0 Å². The molecule has 0 saturated heterocycles. The second-order valence-corrected chi connectivity index (χ2v) is 6.45. The second-order valence-electron chi connectivity index (χ2n) is 6.45. The van der Waals surface area contributed by atoms with Gasteiger partial charge in [-0.3, -0.25) is 9.59 Å². The summed E-state index contributed by atoms with van der Waals surface area (Å²) >= 11 is 0. The Hall–Kier alpha value is -1.78. The normalized spacial score (nSPS) is 19.9. The molecule has 0 radical (unpaired) electrons. The molecule has 1 aliphatic carbocycles. The Morgan fingerprint density at radius 2 is 1.83 bits per heavy atom. The standard InChI is InChI=1S/C16H19F2NO2.C3H8/c1-10-3-2-4-12(7-10)16(21)19-9-15(20)11-5-6-13(17)14(18)8-11;1-3-2/h5-6,8,10,12H,2-4,7,9H2,1H3,(H,19,21);3H2,1-2H3. The van der Waals surface area contributed by atoms with Crippen LogP contribution < -0.4 is 5.32 Å². The van der Waals surface area contributed by atoms with Crippen LogP contribution in [0.3, 0.4) is 0 Å². The zero-order valence-electron chi connectivity index (χ0n) is 14.7. The van der Waals surface area contributed by atoms with Crippen LogP contribution in [0.4, 0.5) is 8.78 Å². The molecular weight excluding hydrogens is 312 g/mol. The van der Waals surface area contributed by atoms with Gasteiger partial charge in [0.2, 0.25) is 5.91 Å². The van der Waals surface area contributed by atoms with Gasteiger partial charge in [-0.25, -0.2) is 8.78 Å². The molecule has 134 valence electrons. The van der Waals surface area contributed by atoms with Crippen molar-refractivity contribution in [2.24, 2.45) is 11.8 Å². The molecular formula is C19H27F2NO2. The Morgan fingerprint density at radius 3 is 2.42 bits per heavy atom. The lowest BCUT2D eigenvalue weighted by atomic mass is 9.82. The average molecular weight is 339 g/mol. The number of rotatable bonds is 4. The molecule has 1 aromatic carbocycles. The summed E-state index contributed by atoms with van der Waals surface area (Å²) in [6.45, 7) is 6.18. The maximum absolute atomic E-state index is 13.1. The van der Waals surface area contributed by atoms with Gasteiger partial charge in [0.05, 0.1) is 6.54 Å². The monoisotopic (exact) mass is 339 g/mol. The third-order valence-corrected chi connectivity index (χ3v) is 3.97. The minimum Gasteiger partial charge on any atom is -0.348 e. The van der Waals surface area contributed by atoms with E-state index in [1.165, 1.54) is 12.5 Å². The molecule has 3 nitrogen and oxygen atoms in total. The fraction of sp³-hybridized carbons (Fsp3) is 0.579. The van der Waals surface area contributed by atoms with Crippen molar-refractivity contribution in [2.75, 3.05) is 6.54 Å². The van der Waals surface area contributed by atoms with Gasteiger partial charge in [-0.05, 0) is 37.0 Å². The van der Waals surface area contributed by atoms with Crippen molar-refractivity contribution in [3.8, 4) is 0 Å². The summed E-state index contributed by atoms with van der Waals surface area (Å²) in [5.74, 6) is -2.13. The zero-order chi connectivity index (χ0) is 18.1. The summed E-state index contributed by atoms with van der Waals surface area (Å²) in [7, 11) is 0. The molecule has 2 unspecified atom stereocenters. The molecule has 0 bridgehead atoms. The van der Waals surface area contributed by atoms with Crippen LogP contribution in [0, 0.1) is 23.5 Å². The lowest BCUT2D eigenvalue weighted by molar-refractivity contribution is -0.126. The molecule has 24 heavy (non-hydrogen) atoms. The highest BCUT2D eigenvalue weighted by molar-refractivity contribution is 5.99. The van der Waals surface area contributed by atoms with Crippen LogP contribution in [0.1, 0.15) is 63.2 Å². The van der Waals surface area contributed by atoms with Crippen LogP contribution in [0.2, 0.25) is 0 Å². The first-order valence-electron chi connectivity index (χ1n) is 8.64. The zero-order valence-corrected chi connectivity index (χ0v) is 14.7. The minimum atomic E-state index is -1.06. The third kappa shape index (κ3) is 6.38. The van der Waals surface area contributed by atoms with E-state index in [0.29, 0.717) is 5.92 Å². The van der Waals surface area contributed by atoms with E-state index < -0.39 is 17.4 Å². The van der Waals surface area contributed by atoms with Crippen molar-refractivity contribution < 1.29 is 18.4 Å². The van der Waals surface area contributed by atoms with E-state index in [9.17, 15) is 18.4 Å². The number of carbonyl (C=O) groups excluding carboxylic acids is 2. The molecule has 5 heteroatoms. The van der Waals surface area contributed by atoms with Crippen molar-refractivity contribution in [1.82, 2.24) is 5.32 Å². The van der Waals surface area contributed by atoms with E-state index in [2.05, 4.69) is 26.1 Å². The quantitative estimate of drug-likeness (QED) is 0.821. The Kier molecular flexibility index (Phi) is 8.58. The van der Waals surface area contributed by atoms with E-state index in [0.717, 1.165) is 37.8 Å². The van der Waals surface area contributed by atoms with Gasteiger partial charge in [-0.1, -0.05) is 40.0 Å². The fourth-order valence-electron chi connectivity index (χ4n) is 2.76. The molecule has 2 rings (SSSR count). The van der Waals surface area contributed by atoms with Gasteiger partial charge >= 0.3 is 0 Å². The Labute approximate surface area is 142 Å². The first-order chi connectivity index (χ1) is 11.4. The smallest absolute Gasteiger partial charge is 0.223 e. The topological polar surface area (TPSA) is 46.2 Å².